The lowest BCUT2D eigenvalue weighted by Gasteiger charge is -2.48. The Labute approximate surface area is 67.3 Å². The number of hydrogen-bond donors (Lipinski definition) is 1. The minimum absolute atomic E-state index is 0.454. The lowest BCUT2D eigenvalue weighted by molar-refractivity contribution is 0.0229. The smallest absolute Gasteiger partial charge is 0.0205 e. The summed E-state index contributed by atoms with van der Waals surface area (Å²) in [5.74, 6) is 1.06. The molecule has 0 aromatic rings. The van der Waals surface area contributed by atoms with Crippen LogP contribution in [0.2, 0.25) is 0 Å². The number of likely N-dealkylation sites (tertiary alicyclic amines) is 1. The summed E-state index contributed by atoms with van der Waals surface area (Å²) < 4.78 is 0. The van der Waals surface area contributed by atoms with E-state index in [-0.39, 0.29) is 0 Å². The quantitative estimate of drug-likeness (QED) is 0.626. The molecule has 0 spiro atoms. The van der Waals surface area contributed by atoms with Crippen LogP contribution in [0.3, 0.4) is 0 Å². The molecule has 1 rings (SSSR count). The van der Waals surface area contributed by atoms with E-state index in [0.29, 0.717) is 5.54 Å². The average Bonchev–Trinajstić information content (AvgIpc) is 1.87. The molecule has 2 N–H and O–H groups in total. The van der Waals surface area contributed by atoms with Crippen LogP contribution in [0.4, 0.5) is 0 Å². The molecule has 1 fully saturated rings. The minimum atomic E-state index is 0.454. The van der Waals surface area contributed by atoms with Crippen LogP contribution in [0, 0.1) is 0 Å². The van der Waals surface area contributed by atoms with Gasteiger partial charge in [-0.15, -0.1) is 0 Å². The summed E-state index contributed by atoms with van der Waals surface area (Å²) in [5, 5.41) is 5.33. The van der Waals surface area contributed by atoms with Crippen LogP contribution >= 0.6 is 11.9 Å². The van der Waals surface area contributed by atoms with Gasteiger partial charge in [-0.2, -0.15) is 0 Å². The van der Waals surface area contributed by atoms with E-state index in [2.05, 4.69) is 18.7 Å². The first-order valence-corrected chi connectivity index (χ1v) is 4.78. The first kappa shape index (κ1) is 8.37. The highest BCUT2D eigenvalue weighted by Gasteiger charge is 2.34. The van der Waals surface area contributed by atoms with Crippen molar-refractivity contribution in [3.05, 3.63) is 0 Å². The molecule has 0 bridgehead atoms. The van der Waals surface area contributed by atoms with Crippen molar-refractivity contribution in [3.63, 3.8) is 0 Å². The molecule has 0 radical (unpaired) electrons. The van der Waals surface area contributed by atoms with Gasteiger partial charge >= 0.3 is 0 Å². The van der Waals surface area contributed by atoms with Gasteiger partial charge in [0.05, 0.1) is 0 Å². The number of nitrogens with two attached hydrogens (primary N) is 1. The van der Waals surface area contributed by atoms with Crippen LogP contribution in [0.5, 0.6) is 0 Å². The standard InChI is InChI=1S/C7H16N2S/c1-7(2)3-4-9(7)5-6-10-8/h3-6,8H2,1-2H3. The van der Waals surface area contributed by atoms with E-state index in [1.807, 2.05) is 0 Å². The zero-order valence-corrected chi connectivity index (χ0v) is 7.58. The van der Waals surface area contributed by atoms with Crippen molar-refractivity contribution in [2.24, 2.45) is 5.14 Å². The third kappa shape index (κ3) is 1.65. The summed E-state index contributed by atoms with van der Waals surface area (Å²) in [4.78, 5) is 2.48. The Hall–Kier alpha value is 0.270. The van der Waals surface area contributed by atoms with Crippen molar-refractivity contribution < 1.29 is 0 Å². The molecule has 1 heterocycles. The Morgan fingerprint density at radius 2 is 2.30 bits per heavy atom. The van der Waals surface area contributed by atoms with Crippen molar-refractivity contribution in [3.8, 4) is 0 Å². The van der Waals surface area contributed by atoms with Gasteiger partial charge in [0.2, 0.25) is 0 Å². The van der Waals surface area contributed by atoms with Crippen LogP contribution in [0.15, 0.2) is 0 Å². The van der Waals surface area contributed by atoms with Gasteiger partial charge in [-0.3, -0.25) is 10.0 Å². The third-order valence-electron chi connectivity index (χ3n) is 2.33. The van der Waals surface area contributed by atoms with Gasteiger partial charge in [0.15, 0.2) is 0 Å². The SMILES string of the molecule is CC1(C)CCN1CCSN. The molecule has 60 valence electrons. The van der Waals surface area contributed by atoms with Crippen molar-refractivity contribution >= 4 is 11.9 Å². The molecule has 0 saturated carbocycles. The molecule has 1 aliphatic rings. The van der Waals surface area contributed by atoms with Gasteiger partial charge in [0.1, 0.15) is 0 Å². The Morgan fingerprint density at radius 3 is 2.60 bits per heavy atom. The van der Waals surface area contributed by atoms with Gasteiger partial charge in [-0.05, 0) is 20.3 Å². The van der Waals surface area contributed by atoms with Crippen molar-refractivity contribution in [2.75, 3.05) is 18.8 Å². The molecule has 0 aromatic heterocycles. The van der Waals surface area contributed by atoms with Crippen molar-refractivity contribution in [2.45, 2.75) is 25.8 Å². The number of hydrogen-bond acceptors (Lipinski definition) is 3. The first-order chi connectivity index (χ1) is 4.67. The molecule has 0 aliphatic carbocycles. The molecule has 0 unspecified atom stereocenters. The van der Waals surface area contributed by atoms with Crippen LogP contribution in [0.1, 0.15) is 20.3 Å². The summed E-state index contributed by atoms with van der Waals surface area (Å²) in [6.45, 7) is 6.98. The van der Waals surface area contributed by atoms with E-state index in [0.717, 1.165) is 12.3 Å². The van der Waals surface area contributed by atoms with Crippen LogP contribution in [-0.4, -0.2) is 29.3 Å². The van der Waals surface area contributed by atoms with Gasteiger partial charge in [-0.25, -0.2) is 0 Å². The van der Waals surface area contributed by atoms with E-state index in [1.165, 1.54) is 24.9 Å². The van der Waals surface area contributed by atoms with Gasteiger partial charge in [0.25, 0.3) is 0 Å². The summed E-state index contributed by atoms with van der Waals surface area (Å²) in [7, 11) is 0. The predicted octanol–water partition coefficient (Wildman–Crippen LogP) is 1.08. The Morgan fingerprint density at radius 1 is 1.60 bits per heavy atom. The van der Waals surface area contributed by atoms with E-state index in [4.69, 9.17) is 5.14 Å². The van der Waals surface area contributed by atoms with Crippen LogP contribution in [-0.2, 0) is 0 Å². The Kier molecular flexibility index (Phi) is 2.61. The molecule has 1 aliphatic heterocycles. The topological polar surface area (TPSA) is 29.3 Å². The van der Waals surface area contributed by atoms with E-state index in [1.54, 1.807) is 0 Å². The van der Waals surface area contributed by atoms with Gasteiger partial charge < -0.3 is 0 Å². The average molecular weight is 160 g/mol. The molecule has 3 heteroatoms. The van der Waals surface area contributed by atoms with Crippen molar-refractivity contribution in [1.82, 2.24) is 4.90 Å². The fraction of sp³-hybridized carbons (Fsp3) is 1.00. The molecule has 0 amide bonds. The highest BCUT2D eigenvalue weighted by molar-refractivity contribution is 7.97. The normalized spacial score (nSPS) is 24.3. The monoisotopic (exact) mass is 160 g/mol. The highest BCUT2D eigenvalue weighted by Crippen LogP contribution is 2.28. The zero-order valence-electron chi connectivity index (χ0n) is 6.76. The fourth-order valence-corrected chi connectivity index (χ4v) is 1.62. The fourth-order valence-electron chi connectivity index (χ4n) is 1.29. The van der Waals surface area contributed by atoms with Crippen LogP contribution < -0.4 is 5.14 Å². The minimum Gasteiger partial charge on any atom is -0.297 e. The number of rotatable bonds is 3. The maximum Gasteiger partial charge on any atom is 0.0205 e. The lowest BCUT2D eigenvalue weighted by Crippen LogP contribution is -2.56. The summed E-state index contributed by atoms with van der Waals surface area (Å²) in [6, 6.07) is 0. The maximum absolute atomic E-state index is 5.33. The highest BCUT2D eigenvalue weighted by atomic mass is 32.2. The summed E-state index contributed by atoms with van der Waals surface area (Å²) >= 11 is 1.44. The van der Waals surface area contributed by atoms with Crippen LogP contribution in [0.25, 0.3) is 0 Å². The second kappa shape index (κ2) is 3.11. The van der Waals surface area contributed by atoms with Gasteiger partial charge in [0, 0.05) is 24.4 Å². The summed E-state index contributed by atoms with van der Waals surface area (Å²) in [5.41, 5.74) is 0.454. The third-order valence-corrected chi connectivity index (χ3v) is 2.75. The van der Waals surface area contributed by atoms with E-state index < -0.39 is 0 Å². The molecule has 10 heavy (non-hydrogen) atoms. The Bertz CT molecular complexity index is 114. The van der Waals surface area contributed by atoms with Gasteiger partial charge in [-0.1, -0.05) is 11.9 Å². The Balaban J connectivity index is 2.17. The molecular formula is C7H16N2S. The zero-order chi connectivity index (χ0) is 7.61. The number of nitrogens with zero attached hydrogens (tertiary/aromatic N) is 1. The van der Waals surface area contributed by atoms with E-state index in [9.17, 15) is 0 Å². The lowest BCUT2D eigenvalue weighted by atomic mass is 9.89. The van der Waals surface area contributed by atoms with Crippen molar-refractivity contribution in [1.29, 1.82) is 0 Å². The first-order valence-electron chi connectivity index (χ1n) is 3.73. The predicted molar refractivity (Wildman–Crippen MR) is 46.9 cm³/mol. The van der Waals surface area contributed by atoms with E-state index >= 15 is 0 Å². The molecular weight excluding hydrogens is 144 g/mol. The second-order valence-corrected chi connectivity index (χ2v) is 4.16. The molecule has 1 saturated heterocycles. The largest absolute Gasteiger partial charge is 0.297 e. The second-order valence-electron chi connectivity index (χ2n) is 3.42. The molecule has 0 atom stereocenters. The maximum atomic E-state index is 5.33. The molecule has 2 nitrogen and oxygen atoms in total. The molecule has 0 aromatic carbocycles. The summed E-state index contributed by atoms with van der Waals surface area (Å²) in [6.07, 6.45) is 1.34.